The standard InChI is InChI=1S/C14H18N2O3S/c1-11(14-3-2-8-19-14)16-20(17,18)10-13-6-4-12(9-15)5-7-13/h2-8,11,16H,9-10,15H2,1H3. The third-order valence-corrected chi connectivity index (χ3v) is 4.37. The Balaban J connectivity index is 2.03. The molecule has 0 saturated heterocycles. The van der Waals surface area contributed by atoms with Crippen LogP contribution in [0.25, 0.3) is 0 Å². The zero-order chi connectivity index (χ0) is 14.6. The summed E-state index contributed by atoms with van der Waals surface area (Å²) < 4.78 is 31.9. The summed E-state index contributed by atoms with van der Waals surface area (Å²) in [6.45, 7) is 2.19. The first-order valence-electron chi connectivity index (χ1n) is 6.31. The quantitative estimate of drug-likeness (QED) is 0.852. The van der Waals surface area contributed by atoms with Gasteiger partial charge in [-0.3, -0.25) is 0 Å². The van der Waals surface area contributed by atoms with E-state index in [1.54, 1.807) is 31.2 Å². The van der Waals surface area contributed by atoms with Crippen LogP contribution in [-0.2, 0) is 22.3 Å². The summed E-state index contributed by atoms with van der Waals surface area (Å²) in [6.07, 6.45) is 1.52. The molecule has 1 heterocycles. The van der Waals surface area contributed by atoms with Gasteiger partial charge in [0.1, 0.15) is 5.76 Å². The maximum absolute atomic E-state index is 12.1. The lowest BCUT2D eigenvalue weighted by Gasteiger charge is -2.12. The van der Waals surface area contributed by atoms with E-state index >= 15 is 0 Å². The Hall–Kier alpha value is -1.63. The van der Waals surface area contributed by atoms with Crippen LogP contribution in [-0.4, -0.2) is 8.42 Å². The highest BCUT2D eigenvalue weighted by molar-refractivity contribution is 7.88. The highest BCUT2D eigenvalue weighted by atomic mass is 32.2. The summed E-state index contributed by atoms with van der Waals surface area (Å²) in [6, 6.07) is 10.3. The van der Waals surface area contributed by atoms with Crippen molar-refractivity contribution in [2.75, 3.05) is 0 Å². The summed E-state index contributed by atoms with van der Waals surface area (Å²) in [7, 11) is -3.42. The first-order chi connectivity index (χ1) is 9.50. The fraction of sp³-hybridized carbons (Fsp3) is 0.286. The van der Waals surface area contributed by atoms with E-state index in [4.69, 9.17) is 10.2 Å². The second-order valence-corrected chi connectivity index (χ2v) is 6.39. The molecule has 0 aliphatic heterocycles. The van der Waals surface area contributed by atoms with Crippen molar-refractivity contribution < 1.29 is 12.8 Å². The van der Waals surface area contributed by atoms with Gasteiger partial charge in [-0.15, -0.1) is 0 Å². The molecule has 0 radical (unpaired) electrons. The van der Waals surface area contributed by atoms with Crippen LogP contribution in [0.3, 0.4) is 0 Å². The Morgan fingerprint density at radius 3 is 2.40 bits per heavy atom. The van der Waals surface area contributed by atoms with Crippen molar-refractivity contribution in [3.8, 4) is 0 Å². The van der Waals surface area contributed by atoms with Gasteiger partial charge in [-0.2, -0.15) is 0 Å². The number of sulfonamides is 1. The van der Waals surface area contributed by atoms with Gasteiger partial charge in [0.2, 0.25) is 10.0 Å². The third kappa shape index (κ3) is 3.93. The van der Waals surface area contributed by atoms with E-state index in [1.165, 1.54) is 6.26 Å². The van der Waals surface area contributed by atoms with Gasteiger partial charge < -0.3 is 10.2 Å². The van der Waals surface area contributed by atoms with Crippen LogP contribution < -0.4 is 10.5 Å². The average molecular weight is 294 g/mol. The Bertz CT molecular complexity index is 634. The minimum absolute atomic E-state index is 0.0666. The second kappa shape index (κ2) is 6.21. The zero-order valence-corrected chi connectivity index (χ0v) is 12.1. The molecule has 3 N–H and O–H groups in total. The Labute approximate surface area is 118 Å². The summed E-state index contributed by atoms with van der Waals surface area (Å²) in [5, 5.41) is 0. The fourth-order valence-electron chi connectivity index (χ4n) is 1.90. The summed E-state index contributed by atoms with van der Waals surface area (Å²) >= 11 is 0. The highest BCUT2D eigenvalue weighted by Crippen LogP contribution is 2.15. The molecule has 20 heavy (non-hydrogen) atoms. The maximum atomic E-state index is 12.1. The van der Waals surface area contributed by atoms with Gasteiger partial charge in [-0.25, -0.2) is 13.1 Å². The molecular formula is C14H18N2O3S. The van der Waals surface area contributed by atoms with Gasteiger partial charge in [0.15, 0.2) is 0 Å². The van der Waals surface area contributed by atoms with E-state index in [0.29, 0.717) is 12.3 Å². The molecule has 1 unspecified atom stereocenters. The van der Waals surface area contributed by atoms with Crippen molar-refractivity contribution in [2.24, 2.45) is 5.73 Å². The zero-order valence-electron chi connectivity index (χ0n) is 11.2. The van der Waals surface area contributed by atoms with Crippen LogP contribution >= 0.6 is 0 Å². The molecule has 0 aliphatic rings. The lowest BCUT2D eigenvalue weighted by Crippen LogP contribution is -2.27. The molecule has 1 aromatic heterocycles. The Morgan fingerprint density at radius 2 is 1.85 bits per heavy atom. The van der Waals surface area contributed by atoms with Crippen molar-refractivity contribution in [3.05, 3.63) is 59.5 Å². The second-order valence-electron chi connectivity index (χ2n) is 4.63. The lowest BCUT2D eigenvalue weighted by molar-refractivity contribution is 0.459. The number of nitrogens with one attached hydrogen (secondary N) is 1. The van der Waals surface area contributed by atoms with Gasteiger partial charge >= 0.3 is 0 Å². The van der Waals surface area contributed by atoms with Crippen molar-refractivity contribution in [1.29, 1.82) is 0 Å². The van der Waals surface area contributed by atoms with Gasteiger partial charge in [-0.1, -0.05) is 24.3 Å². The van der Waals surface area contributed by atoms with E-state index in [-0.39, 0.29) is 5.75 Å². The molecular weight excluding hydrogens is 276 g/mol. The smallest absolute Gasteiger partial charge is 0.216 e. The SMILES string of the molecule is CC(NS(=O)(=O)Cc1ccc(CN)cc1)c1ccco1. The molecule has 0 aliphatic carbocycles. The number of hydrogen-bond donors (Lipinski definition) is 2. The molecule has 0 spiro atoms. The maximum Gasteiger partial charge on any atom is 0.216 e. The lowest BCUT2D eigenvalue weighted by atomic mass is 10.1. The molecule has 2 rings (SSSR count). The Kier molecular flexibility index (Phi) is 4.59. The molecule has 6 heteroatoms. The molecule has 0 amide bonds. The van der Waals surface area contributed by atoms with Crippen LogP contribution in [0.15, 0.2) is 47.1 Å². The third-order valence-electron chi connectivity index (χ3n) is 2.94. The van der Waals surface area contributed by atoms with Crippen molar-refractivity contribution >= 4 is 10.0 Å². The van der Waals surface area contributed by atoms with Crippen LogP contribution in [0, 0.1) is 0 Å². The fourth-order valence-corrected chi connectivity index (χ4v) is 3.27. The van der Waals surface area contributed by atoms with Crippen molar-refractivity contribution in [3.63, 3.8) is 0 Å². The number of hydrogen-bond acceptors (Lipinski definition) is 4. The van der Waals surface area contributed by atoms with Crippen molar-refractivity contribution in [1.82, 2.24) is 4.72 Å². The summed E-state index contributed by atoms with van der Waals surface area (Å²) in [5.41, 5.74) is 7.20. The topological polar surface area (TPSA) is 85.3 Å². The van der Waals surface area contributed by atoms with Gasteiger partial charge in [0.25, 0.3) is 0 Å². The normalized spacial score (nSPS) is 13.3. The molecule has 0 bridgehead atoms. The highest BCUT2D eigenvalue weighted by Gasteiger charge is 2.18. The van der Waals surface area contributed by atoms with Crippen LogP contribution in [0.5, 0.6) is 0 Å². The molecule has 0 saturated carbocycles. The predicted molar refractivity (Wildman–Crippen MR) is 77.2 cm³/mol. The molecule has 1 aromatic carbocycles. The molecule has 0 fully saturated rings. The van der Waals surface area contributed by atoms with Crippen LogP contribution in [0.1, 0.15) is 29.9 Å². The number of rotatable bonds is 6. The molecule has 1 atom stereocenters. The minimum Gasteiger partial charge on any atom is -0.468 e. The number of nitrogens with two attached hydrogens (primary N) is 1. The number of benzene rings is 1. The van der Waals surface area contributed by atoms with Gasteiger partial charge in [0, 0.05) is 6.54 Å². The van der Waals surface area contributed by atoms with E-state index < -0.39 is 16.1 Å². The molecule has 108 valence electrons. The van der Waals surface area contributed by atoms with Gasteiger partial charge in [0.05, 0.1) is 18.1 Å². The van der Waals surface area contributed by atoms with E-state index in [1.807, 2.05) is 12.1 Å². The molecule has 5 nitrogen and oxygen atoms in total. The van der Waals surface area contributed by atoms with E-state index in [0.717, 1.165) is 11.1 Å². The largest absolute Gasteiger partial charge is 0.468 e. The van der Waals surface area contributed by atoms with Crippen LogP contribution in [0.4, 0.5) is 0 Å². The first kappa shape index (κ1) is 14.8. The molecule has 2 aromatic rings. The van der Waals surface area contributed by atoms with Crippen LogP contribution in [0.2, 0.25) is 0 Å². The van der Waals surface area contributed by atoms with Crippen molar-refractivity contribution in [2.45, 2.75) is 25.3 Å². The number of furan rings is 1. The summed E-state index contributed by atoms with van der Waals surface area (Å²) in [5.74, 6) is 0.523. The Morgan fingerprint density at radius 1 is 1.20 bits per heavy atom. The monoisotopic (exact) mass is 294 g/mol. The average Bonchev–Trinajstić information content (AvgIpc) is 2.92. The van der Waals surface area contributed by atoms with Gasteiger partial charge in [-0.05, 0) is 30.2 Å². The summed E-state index contributed by atoms with van der Waals surface area (Å²) in [4.78, 5) is 0. The predicted octanol–water partition coefficient (Wildman–Crippen LogP) is 1.92. The minimum atomic E-state index is -3.42. The van der Waals surface area contributed by atoms with E-state index in [2.05, 4.69) is 4.72 Å². The van der Waals surface area contributed by atoms with E-state index in [9.17, 15) is 8.42 Å². The first-order valence-corrected chi connectivity index (χ1v) is 7.96.